The van der Waals surface area contributed by atoms with Gasteiger partial charge in [-0.15, -0.1) is 0 Å². The molecule has 3 aromatic rings. The highest BCUT2D eigenvalue weighted by atomic mass is 16.4. The average molecular weight is 395 g/mol. The summed E-state index contributed by atoms with van der Waals surface area (Å²) < 4.78 is 1.95. The van der Waals surface area contributed by atoms with Crippen LogP contribution >= 0.6 is 0 Å². The van der Waals surface area contributed by atoms with Crippen molar-refractivity contribution in [3.63, 3.8) is 0 Å². The van der Waals surface area contributed by atoms with Gasteiger partial charge in [0, 0.05) is 12.6 Å². The van der Waals surface area contributed by atoms with Crippen LogP contribution in [0.1, 0.15) is 38.3 Å². The van der Waals surface area contributed by atoms with Crippen LogP contribution in [0.5, 0.6) is 0 Å². The summed E-state index contributed by atoms with van der Waals surface area (Å²) >= 11 is 0. The number of benzene rings is 1. The Kier molecular flexibility index (Phi) is 5.06. The third kappa shape index (κ3) is 3.73. The van der Waals surface area contributed by atoms with Crippen LogP contribution in [0.15, 0.2) is 36.7 Å². The second-order valence-corrected chi connectivity index (χ2v) is 7.52. The molecular formula is C20H25N7O2. The molecule has 9 heteroatoms. The molecule has 1 aliphatic rings. The van der Waals surface area contributed by atoms with E-state index in [9.17, 15) is 9.90 Å². The van der Waals surface area contributed by atoms with E-state index in [0.717, 1.165) is 12.0 Å². The molecule has 0 radical (unpaired) electrons. The molecule has 0 bridgehead atoms. The van der Waals surface area contributed by atoms with E-state index in [1.807, 2.05) is 48.7 Å². The van der Waals surface area contributed by atoms with Gasteiger partial charge in [0.25, 0.3) is 0 Å². The Labute approximate surface area is 168 Å². The SMILES string of the molecule is CC(C)n1cnc2c(NCc3ccccc3)nc(NC3(C(=O)O)CCCN3)nc21. The average Bonchev–Trinajstić information content (AvgIpc) is 3.35. The molecule has 152 valence electrons. The Morgan fingerprint density at radius 3 is 2.76 bits per heavy atom. The zero-order chi connectivity index (χ0) is 20.4. The molecule has 1 atom stereocenters. The first kappa shape index (κ1) is 19.1. The minimum atomic E-state index is -1.26. The summed E-state index contributed by atoms with van der Waals surface area (Å²) in [6.45, 7) is 5.29. The van der Waals surface area contributed by atoms with Crippen molar-refractivity contribution in [1.82, 2.24) is 24.8 Å². The minimum absolute atomic E-state index is 0.155. The summed E-state index contributed by atoms with van der Waals surface area (Å²) in [5, 5.41) is 19.1. The molecule has 1 unspecified atom stereocenters. The molecule has 1 saturated heterocycles. The normalized spacial score (nSPS) is 19.0. The van der Waals surface area contributed by atoms with E-state index in [4.69, 9.17) is 0 Å². The smallest absolute Gasteiger partial charge is 0.344 e. The number of anilines is 2. The van der Waals surface area contributed by atoms with Crippen LogP contribution < -0.4 is 16.0 Å². The largest absolute Gasteiger partial charge is 0.478 e. The van der Waals surface area contributed by atoms with Gasteiger partial charge in [-0.2, -0.15) is 9.97 Å². The first-order valence-corrected chi connectivity index (χ1v) is 9.77. The third-order valence-electron chi connectivity index (χ3n) is 5.13. The number of fused-ring (bicyclic) bond motifs is 1. The Balaban J connectivity index is 1.72. The highest BCUT2D eigenvalue weighted by Gasteiger charge is 2.42. The number of hydrogen-bond acceptors (Lipinski definition) is 7. The molecule has 29 heavy (non-hydrogen) atoms. The molecule has 1 aliphatic heterocycles. The number of hydrogen-bond donors (Lipinski definition) is 4. The van der Waals surface area contributed by atoms with Gasteiger partial charge in [0.05, 0.1) is 6.33 Å². The zero-order valence-electron chi connectivity index (χ0n) is 16.5. The number of aromatic nitrogens is 4. The standard InChI is InChI=1S/C20H25N7O2/c1-13(2)27-12-22-15-16(21-11-14-7-4-3-5-8-14)24-19(25-17(15)27)26-20(18(28)29)9-6-10-23-20/h3-5,7-8,12-13,23H,6,9-11H2,1-2H3,(H,28,29)(H2,21,24,25,26). The summed E-state index contributed by atoms with van der Waals surface area (Å²) in [5.74, 6) is -0.138. The van der Waals surface area contributed by atoms with Crippen molar-refractivity contribution in [3.05, 3.63) is 42.2 Å². The summed E-state index contributed by atoms with van der Waals surface area (Å²) in [5.41, 5.74) is 1.17. The number of imidazole rings is 1. The molecule has 1 aromatic carbocycles. The van der Waals surface area contributed by atoms with Crippen molar-refractivity contribution in [1.29, 1.82) is 0 Å². The van der Waals surface area contributed by atoms with Gasteiger partial charge in [-0.25, -0.2) is 9.78 Å². The van der Waals surface area contributed by atoms with Crippen LogP contribution in [0.25, 0.3) is 11.2 Å². The number of nitrogens with zero attached hydrogens (tertiary/aromatic N) is 4. The maximum absolute atomic E-state index is 11.9. The quantitative estimate of drug-likeness (QED) is 0.482. The molecule has 3 heterocycles. The van der Waals surface area contributed by atoms with E-state index < -0.39 is 11.6 Å². The molecule has 0 aliphatic carbocycles. The second-order valence-electron chi connectivity index (χ2n) is 7.52. The fourth-order valence-corrected chi connectivity index (χ4v) is 3.53. The number of aliphatic carboxylic acids is 1. The van der Waals surface area contributed by atoms with Crippen molar-refractivity contribution < 1.29 is 9.90 Å². The van der Waals surface area contributed by atoms with E-state index in [2.05, 4.69) is 30.9 Å². The predicted octanol–water partition coefficient (Wildman–Crippen LogP) is 2.60. The van der Waals surface area contributed by atoms with Crippen molar-refractivity contribution in [2.75, 3.05) is 17.2 Å². The molecule has 4 N–H and O–H groups in total. The van der Waals surface area contributed by atoms with Gasteiger partial charge in [-0.05, 0) is 38.8 Å². The minimum Gasteiger partial charge on any atom is -0.478 e. The first-order valence-electron chi connectivity index (χ1n) is 9.77. The zero-order valence-corrected chi connectivity index (χ0v) is 16.5. The van der Waals surface area contributed by atoms with Crippen LogP contribution in [0, 0.1) is 0 Å². The maximum atomic E-state index is 11.9. The number of carboxylic acid groups (broad SMARTS) is 1. The number of rotatable bonds is 7. The van der Waals surface area contributed by atoms with Gasteiger partial charge >= 0.3 is 5.97 Å². The van der Waals surface area contributed by atoms with Gasteiger partial charge in [0.2, 0.25) is 5.95 Å². The van der Waals surface area contributed by atoms with E-state index in [1.165, 1.54) is 0 Å². The lowest BCUT2D eigenvalue weighted by Crippen LogP contribution is -2.54. The molecule has 9 nitrogen and oxygen atoms in total. The lowest BCUT2D eigenvalue weighted by Gasteiger charge is -2.26. The van der Waals surface area contributed by atoms with E-state index >= 15 is 0 Å². The molecule has 0 saturated carbocycles. The molecule has 4 rings (SSSR count). The molecule has 0 amide bonds. The molecule has 1 fully saturated rings. The van der Waals surface area contributed by atoms with Gasteiger partial charge in [0.1, 0.15) is 0 Å². The van der Waals surface area contributed by atoms with E-state index in [1.54, 1.807) is 6.33 Å². The van der Waals surface area contributed by atoms with Gasteiger partial charge in [-0.3, -0.25) is 5.32 Å². The van der Waals surface area contributed by atoms with Gasteiger partial charge in [0.15, 0.2) is 22.6 Å². The van der Waals surface area contributed by atoms with Crippen molar-refractivity contribution in [2.45, 2.75) is 44.9 Å². The van der Waals surface area contributed by atoms with Crippen molar-refractivity contribution in [2.24, 2.45) is 0 Å². The summed E-state index contributed by atoms with van der Waals surface area (Å²) in [6, 6.07) is 10.1. The topological polar surface area (TPSA) is 117 Å². The monoisotopic (exact) mass is 395 g/mol. The van der Waals surface area contributed by atoms with E-state index in [-0.39, 0.29) is 12.0 Å². The predicted molar refractivity (Wildman–Crippen MR) is 111 cm³/mol. The van der Waals surface area contributed by atoms with Crippen LogP contribution in [0.4, 0.5) is 11.8 Å². The maximum Gasteiger partial charge on any atom is 0.344 e. The fraction of sp³-hybridized carbons (Fsp3) is 0.400. The van der Waals surface area contributed by atoms with Crippen molar-refractivity contribution >= 4 is 28.9 Å². The van der Waals surface area contributed by atoms with Crippen LogP contribution in [0.3, 0.4) is 0 Å². The Morgan fingerprint density at radius 2 is 2.10 bits per heavy atom. The Hall–Kier alpha value is -3.20. The highest BCUT2D eigenvalue weighted by molar-refractivity contribution is 5.86. The lowest BCUT2D eigenvalue weighted by molar-refractivity contribution is -0.143. The fourth-order valence-electron chi connectivity index (χ4n) is 3.53. The van der Waals surface area contributed by atoms with Gasteiger partial charge < -0.3 is 20.3 Å². The lowest BCUT2D eigenvalue weighted by atomic mass is 10.1. The summed E-state index contributed by atoms with van der Waals surface area (Å²) in [6.07, 6.45) is 2.97. The number of carbonyl (C=O) groups is 1. The molecule has 0 spiro atoms. The highest BCUT2D eigenvalue weighted by Crippen LogP contribution is 2.27. The number of nitrogens with one attached hydrogen (secondary N) is 3. The van der Waals surface area contributed by atoms with Crippen molar-refractivity contribution in [3.8, 4) is 0 Å². The molecule has 2 aromatic heterocycles. The Bertz CT molecular complexity index is 1010. The van der Waals surface area contributed by atoms with E-state index in [0.29, 0.717) is 36.5 Å². The molecular weight excluding hydrogens is 370 g/mol. The van der Waals surface area contributed by atoms with Crippen LogP contribution in [-0.2, 0) is 11.3 Å². The summed E-state index contributed by atoms with van der Waals surface area (Å²) in [7, 11) is 0. The van der Waals surface area contributed by atoms with Crippen LogP contribution in [-0.4, -0.2) is 42.8 Å². The third-order valence-corrected chi connectivity index (χ3v) is 5.13. The first-order chi connectivity index (χ1) is 14.0. The Morgan fingerprint density at radius 1 is 1.31 bits per heavy atom. The summed E-state index contributed by atoms with van der Waals surface area (Å²) in [4.78, 5) is 25.6. The van der Waals surface area contributed by atoms with Crippen LogP contribution in [0.2, 0.25) is 0 Å². The van der Waals surface area contributed by atoms with Gasteiger partial charge in [-0.1, -0.05) is 30.3 Å². The second kappa shape index (κ2) is 7.67. The number of carboxylic acids is 1.